The van der Waals surface area contributed by atoms with Gasteiger partial charge in [0.15, 0.2) is 18.1 Å². The first kappa shape index (κ1) is 24.1. The lowest BCUT2D eigenvalue weighted by atomic mass is 10.2. The number of rotatable bonds is 7. The van der Waals surface area contributed by atoms with Gasteiger partial charge in [-0.25, -0.2) is 13.2 Å². The molecule has 1 fully saturated rings. The van der Waals surface area contributed by atoms with Gasteiger partial charge in [-0.1, -0.05) is 24.1 Å². The number of hydrogen-bond donors (Lipinski definition) is 1. The summed E-state index contributed by atoms with van der Waals surface area (Å²) in [6.45, 7) is 0.505. The summed E-state index contributed by atoms with van der Waals surface area (Å²) in [7, 11) is -3.69. The van der Waals surface area contributed by atoms with Gasteiger partial charge in [0.1, 0.15) is 0 Å². The SMILES string of the molecule is O=C(COC(=O)/C=C/c1ccc2c(c1)OCO2)Nc1cc(S(=O)(=O)N2CCCCC2)ccc1Cl. The fraction of sp³-hybridized carbons (Fsp3) is 0.304. The third kappa shape index (κ3) is 5.69. The molecule has 0 radical (unpaired) electrons. The number of nitrogens with zero attached hydrogens (tertiary/aromatic N) is 1. The standard InChI is InChI=1S/C23H23ClN2O7S/c24-18-7-6-17(34(29,30)26-10-2-1-3-11-26)13-19(18)25-22(27)14-31-23(28)9-5-16-4-8-20-21(12-16)33-15-32-20/h4-9,12-13H,1-3,10-11,14-15H2,(H,25,27)/b9-5+. The van der Waals surface area contributed by atoms with Crippen molar-refractivity contribution >= 4 is 45.3 Å². The van der Waals surface area contributed by atoms with E-state index in [4.69, 9.17) is 25.8 Å². The minimum atomic E-state index is -3.69. The topological polar surface area (TPSA) is 111 Å². The second kappa shape index (κ2) is 10.5. The van der Waals surface area contributed by atoms with Gasteiger partial charge < -0.3 is 19.5 Å². The minimum absolute atomic E-state index is 0.0396. The van der Waals surface area contributed by atoms with Crippen molar-refractivity contribution in [1.29, 1.82) is 0 Å². The van der Waals surface area contributed by atoms with E-state index in [0.29, 0.717) is 30.2 Å². The zero-order chi connectivity index (χ0) is 24.1. The molecule has 2 aliphatic heterocycles. The summed E-state index contributed by atoms with van der Waals surface area (Å²) >= 11 is 6.14. The zero-order valence-corrected chi connectivity index (χ0v) is 19.7. The maximum Gasteiger partial charge on any atom is 0.331 e. The predicted molar refractivity (Wildman–Crippen MR) is 125 cm³/mol. The number of ether oxygens (including phenoxy) is 3. The smallest absolute Gasteiger partial charge is 0.331 e. The molecule has 1 saturated heterocycles. The van der Waals surface area contributed by atoms with Crippen LogP contribution in [0.4, 0.5) is 5.69 Å². The van der Waals surface area contributed by atoms with E-state index in [9.17, 15) is 18.0 Å². The molecular formula is C23H23ClN2O7S. The van der Waals surface area contributed by atoms with Gasteiger partial charge in [-0.3, -0.25) is 4.79 Å². The zero-order valence-electron chi connectivity index (χ0n) is 18.2. The van der Waals surface area contributed by atoms with Crippen LogP contribution in [0.15, 0.2) is 47.4 Å². The highest BCUT2D eigenvalue weighted by molar-refractivity contribution is 7.89. The van der Waals surface area contributed by atoms with Crippen molar-refractivity contribution in [2.75, 3.05) is 31.8 Å². The van der Waals surface area contributed by atoms with E-state index in [1.54, 1.807) is 18.2 Å². The van der Waals surface area contributed by atoms with Gasteiger partial charge in [0.2, 0.25) is 16.8 Å². The molecule has 0 aliphatic carbocycles. The van der Waals surface area contributed by atoms with Crippen molar-refractivity contribution < 1.29 is 32.2 Å². The number of anilines is 1. The number of benzene rings is 2. The second-order valence-corrected chi connectivity index (χ2v) is 10.1. The molecule has 0 aromatic heterocycles. The molecule has 1 amide bonds. The van der Waals surface area contributed by atoms with Crippen LogP contribution in [0.3, 0.4) is 0 Å². The van der Waals surface area contributed by atoms with Gasteiger partial charge >= 0.3 is 5.97 Å². The Hall–Kier alpha value is -3.08. The Balaban J connectivity index is 1.33. The van der Waals surface area contributed by atoms with E-state index in [2.05, 4.69) is 5.32 Å². The van der Waals surface area contributed by atoms with Crippen LogP contribution in [0.2, 0.25) is 5.02 Å². The molecule has 0 atom stereocenters. The molecule has 0 spiro atoms. The quantitative estimate of drug-likeness (QED) is 0.452. The van der Waals surface area contributed by atoms with Gasteiger partial charge in [0.25, 0.3) is 5.91 Å². The van der Waals surface area contributed by atoms with Gasteiger partial charge in [0.05, 0.1) is 15.6 Å². The molecule has 0 unspecified atom stereocenters. The lowest BCUT2D eigenvalue weighted by Gasteiger charge is -2.26. The number of carbonyl (C=O) groups excluding carboxylic acids is 2. The summed E-state index contributed by atoms with van der Waals surface area (Å²) in [6.07, 6.45) is 5.33. The number of fused-ring (bicyclic) bond motifs is 1. The summed E-state index contributed by atoms with van der Waals surface area (Å²) < 4.78 is 42.7. The number of halogens is 1. The number of piperidine rings is 1. The average molecular weight is 507 g/mol. The Labute approximate surface area is 202 Å². The van der Waals surface area contributed by atoms with Crippen LogP contribution >= 0.6 is 11.6 Å². The fourth-order valence-corrected chi connectivity index (χ4v) is 5.28. The molecule has 9 nitrogen and oxygen atoms in total. The molecule has 0 saturated carbocycles. The van der Waals surface area contributed by atoms with Crippen LogP contribution in [0, 0.1) is 0 Å². The Morgan fingerprint density at radius 3 is 2.62 bits per heavy atom. The molecule has 4 rings (SSSR count). The molecule has 34 heavy (non-hydrogen) atoms. The number of carbonyl (C=O) groups is 2. The first-order valence-electron chi connectivity index (χ1n) is 10.7. The summed E-state index contributed by atoms with van der Waals surface area (Å²) in [6, 6.07) is 9.31. The van der Waals surface area contributed by atoms with Crippen molar-refractivity contribution in [3.8, 4) is 11.5 Å². The third-order valence-corrected chi connectivity index (χ3v) is 7.54. The largest absolute Gasteiger partial charge is 0.454 e. The minimum Gasteiger partial charge on any atom is -0.454 e. The summed E-state index contributed by atoms with van der Waals surface area (Å²) in [4.78, 5) is 24.3. The van der Waals surface area contributed by atoms with Crippen molar-refractivity contribution in [1.82, 2.24) is 4.31 Å². The number of nitrogens with one attached hydrogen (secondary N) is 1. The summed E-state index contributed by atoms with van der Waals surface area (Å²) in [5.41, 5.74) is 0.820. The highest BCUT2D eigenvalue weighted by Gasteiger charge is 2.26. The van der Waals surface area contributed by atoms with Crippen molar-refractivity contribution in [2.45, 2.75) is 24.2 Å². The lowest BCUT2D eigenvalue weighted by molar-refractivity contribution is -0.142. The number of hydrogen-bond acceptors (Lipinski definition) is 7. The number of amides is 1. The molecule has 2 aromatic rings. The highest BCUT2D eigenvalue weighted by Crippen LogP contribution is 2.33. The van der Waals surface area contributed by atoms with E-state index in [0.717, 1.165) is 19.3 Å². The van der Waals surface area contributed by atoms with E-state index < -0.39 is 28.5 Å². The van der Waals surface area contributed by atoms with Crippen molar-refractivity contribution in [3.63, 3.8) is 0 Å². The third-order valence-electron chi connectivity index (χ3n) is 5.32. The van der Waals surface area contributed by atoms with Gasteiger partial charge in [-0.05, 0) is 54.8 Å². The number of esters is 1. The Kier molecular flexibility index (Phi) is 7.40. The van der Waals surface area contributed by atoms with Crippen LogP contribution < -0.4 is 14.8 Å². The first-order chi connectivity index (χ1) is 16.3. The molecule has 2 aliphatic rings. The summed E-state index contributed by atoms with van der Waals surface area (Å²) in [5.74, 6) is -0.168. The molecule has 2 aromatic carbocycles. The molecule has 0 bridgehead atoms. The molecule has 2 heterocycles. The van der Waals surface area contributed by atoms with Crippen LogP contribution in [0.5, 0.6) is 11.5 Å². The second-order valence-electron chi connectivity index (χ2n) is 7.71. The van der Waals surface area contributed by atoms with Crippen LogP contribution in [0.25, 0.3) is 6.08 Å². The van der Waals surface area contributed by atoms with Gasteiger partial charge in [-0.15, -0.1) is 0 Å². The summed E-state index contributed by atoms with van der Waals surface area (Å²) in [5, 5.41) is 2.66. The van der Waals surface area contributed by atoms with Gasteiger partial charge in [-0.2, -0.15) is 4.31 Å². The Bertz CT molecular complexity index is 1220. The normalized spacial score (nSPS) is 15.9. The van der Waals surface area contributed by atoms with E-state index in [1.165, 1.54) is 34.7 Å². The maximum absolute atomic E-state index is 12.9. The van der Waals surface area contributed by atoms with E-state index >= 15 is 0 Å². The highest BCUT2D eigenvalue weighted by atomic mass is 35.5. The molecule has 1 N–H and O–H groups in total. The molecular weight excluding hydrogens is 484 g/mol. The van der Waals surface area contributed by atoms with Crippen molar-refractivity contribution in [2.24, 2.45) is 0 Å². The number of sulfonamides is 1. The monoisotopic (exact) mass is 506 g/mol. The van der Waals surface area contributed by atoms with Crippen molar-refractivity contribution in [3.05, 3.63) is 53.1 Å². The predicted octanol–water partition coefficient (Wildman–Crippen LogP) is 3.44. The average Bonchev–Trinajstić information content (AvgIpc) is 3.31. The fourth-order valence-electron chi connectivity index (χ4n) is 3.57. The van der Waals surface area contributed by atoms with E-state index in [-0.39, 0.29) is 22.4 Å². The van der Waals surface area contributed by atoms with Gasteiger partial charge in [0, 0.05) is 19.2 Å². The first-order valence-corrected chi connectivity index (χ1v) is 12.5. The van der Waals surface area contributed by atoms with Crippen LogP contribution in [0.1, 0.15) is 24.8 Å². The Morgan fingerprint density at radius 2 is 1.82 bits per heavy atom. The maximum atomic E-state index is 12.9. The van der Waals surface area contributed by atoms with Crippen LogP contribution in [-0.4, -0.2) is 51.1 Å². The van der Waals surface area contributed by atoms with E-state index in [1.807, 2.05) is 0 Å². The molecule has 180 valence electrons. The Morgan fingerprint density at radius 1 is 1.06 bits per heavy atom. The lowest BCUT2D eigenvalue weighted by Crippen LogP contribution is -2.35. The van der Waals surface area contributed by atoms with Crippen LogP contribution in [-0.2, 0) is 24.3 Å². The molecule has 11 heteroatoms.